The quantitative estimate of drug-likeness (QED) is 0.252. The van der Waals surface area contributed by atoms with Crippen LogP contribution in [0.1, 0.15) is 43.8 Å². The number of fused-ring (bicyclic) bond motifs is 1. The zero-order valence-electron chi connectivity index (χ0n) is 17.7. The second-order valence-electron chi connectivity index (χ2n) is 6.75. The van der Waals surface area contributed by atoms with Crippen molar-refractivity contribution in [2.24, 2.45) is 0 Å². The molecule has 0 saturated heterocycles. The summed E-state index contributed by atoms with van der Waals surface area (Å²) in [6.45, 7) is 4.00. The van der Waals surface area contributed by atoms with Gasteiger partial charge in [-0.3, -0.25) is 0 Å². The van der Waals surface area contributed by atoms with E-state index in [0.717, 1.165) is 36.4 Å². The number of unbranched alkanes of at least 4 members (excludes halogenated alkanes) is 1. The van der Waals surface area contributed by atoms with Crippen LogP contribution in [0, 0.1) is 5.82 Å². The highest BCUT2D eigenvalue weighted by Gasteiger charge is 2.34. The highest BCUT2D eigenvalue weighted by molar-refractivity contribution is 5.74. The minimum Gasteiger partial charge on any atom is -0.421 e. The van der Waals surface area contributed by atoms with Gasteiger partial charge in [0.05, 0.1) is 5.56 Å². The number of rotatable bonds is 6. The molecule has 1 aromatic carbocycles. The van der Waals surface area contributed by atoms with Crippen LogP contribution in [-0.4, -0.2) is 20.2 Å². The molecular weight excluding hydrogens is 424 g/mol. The van der Waals surface area contributed by atoms with Gasteiger partial charge in [0.1, 0.15) is 5.82 Å². The third-order valence-electron chi connectivity index (χ3n) is 4.58. The lowest BCUT2D eigenvalue weighted by Gasteiger charge is -2.08. The summed E-state index contributed by atoms with van der Waals surface area (Å²) in [5.41, 5.74) is 0.292. The van der Waals surface area contributed by atoms with Gasteiger partial charge < -0.3 is 4.42 Å². The molecule has 0 spiro atoms. The summed E-state index contributed by atoms with van der Waals surface area (Å²) in [5, 5.41) is 8.64. The molecule has 9 heteroatoms. The maximum absolute atomic E-state index is 13.4. The van der Waals surface area contributed by atoms with E-state index in [0.29, 0.717) is 24.0 Å². The summed E-state index contributed by atoms with van der Waals surface area (Å²) in [4.78, 5) is 8.75. The van der Waals surface area contributed by atoms with Gasteiger partial charge in [-0.05, 0) is 61.7 Å². The topological polar surface area (TPSA) is 64.7 Å². The molecule has 4 rings (SSSR count). The lowest BCUT2D eigenvalue weighted by atomic mass is 10.1. The van der Waals surface area contributed by atoms with Crippen LogP contribution in [-0.2, 0) is 19.0 Å². The predicted molar refractivity (Wildman–Crippen MR) is 112 cm³/mol. The minimum atomic E-state index is -4.80. The molecule has 0 fully saturated rings. The number of halogens is 4. The Morgan fingerprint density at radius 1 is 0.938 bits per heavy atom. The molecule has 0 atom stereocenters. The molecule has 0 aliphatic heterocycles. The van der Waals surface area contributed by atoms with E-state index in [2.05, 4.69) is 20.2 Å². The fourth-order valence-corrected chi connectivity index (χ4v) is 3.06. The molecule has 0 radical (unpaired) electrons. The third-order valence-corrected chi connectivity index (χ3v) is 4.58. The average molecular weight is 446 g/mol. The van der Waals surface area contributed by atoms with Crippen LogP contribution in [0.2, 0.25) is 0 Å². The monoisotopic (exact) mass is 446 g/mol. The summed E-state index contributed by atoms with van der Waals surface area (Å²) in [5.74, 6) is -1.10. The third kappa shape index (κ3) is 5.66. The molecule has 4 aromatic rings. The Hall–Kier alpha value is -3.36. The molecular formula is C23H22F4N4O. The number of aryl methyl sites for hydroxylation is 2. The van der Waals surface area contributed by atoms with E-state index in [4.69, 9.17) is 4.42 Å². The van der Waals surface area contributed by atoms with Crippen molar-refractivity contribution in [1.29, 1.82) is 0 Å². The van der Waals surface area contributed by atoms with E-state index < -0.39 is 17.6 Å². The maximum Gasteiger partial charge on any atom is 0.419 e. The van der Waals surface area contributed by atoms with Crippen molar-refractivity contribution in [3.63, 3.8) is 0 Å². The van der Waals surface area contributed by atoms with Gasteiger partial charge >= 0.3 is 6.18 Å². The molecule has 0 amide bonds. The van der Waals surface area contributed by atoms with Crippen LogP contribution >= 0.6 is 0 Å². The summed E-state index contributed by atoms with van der Waals surface area (Å²) in [6.07, 6.45) is -0.314. The summed E-state index contributed by atoms with van der Waals surface area (Å²) >= 11 is 0. The van der Waals surface area contributed by atoms with Crippen molar-refractivity contribution in [3.8, 4) is 11.5 Å². The molecule has 0 unspecified atom stereocenters. The highest BCUT2D eigenvalue weighted by Crippen LogP contribution is 2.34. The standard InChI is InChI=1S/C21H16F4N4O.C2H6/c22-17-10-8-14(12-16(17)21(23,24)25)20-29-28-18(30-20)6-2-1-5-15-9-7-13-4-3-11-26-19(13)27-15;1-2/h3-4,7-12H,1-2,5-6H2;1-2H3. The van der Waals surface area contributed by atoms with E-state index in [9.17, 15) is 17.6 Å². The zero-order valence-corrected chi connectivity index (χ0v) is 17.7. The van der Waals surface area contributed by atoms with Gasteiger partial charge in [0.25, 0.3) is 0 Å². The Kier molecular flexibility index (Phi) is 7.50. The van der Waals surface area contributed by atoms with Gasteiger partial charge in [-0.2, -0.15) is 13.2 Å². The average Bonchev–Trinajstić information content (AvgIpc) is 3.26. The molecule has 0 aliphatic carbocycles. The lowest BCUT2D eigenvalue weighted by Crippen LogP contribution is -2.08. The number of benzene rings is 1. The van der Waals surface area contributed by atoms with Crippen molar-refractivity contribution < 1.29 is 22.0 Å². The number of hydrogen-bond donors (Lipinski definition) is 0. The molecule has 168 valence electrons. The Balaban J connectivity index is 0.00000141. The number of nitrogens with zero attached hydrogens (tertiary/aromatic N) is 4. The van der Waals surface area contributed by atoms with Crippen LogP contribution < -0.4 is 0 Å². The molecule has 0 bridgehead atoms. The normalized spacial score (nSPS) is 11.3. The van der Waals surface area contributed by atoms with Crippen molar-refractivity contribution in [3.05, 3.63) is 71.6 Å². The largest absolute Gasteiger partial charge is 0.421 e. The smallest absolute Gasteiger partial charge is 0.419 e. The summed E-state index contributed by atoms with van der Waals surface area (Å²) in [7, 11) is 0. The molecule has 0 N–H and O–H groups in total. The predicted octanol–water partition coefficient (Wildman–Crippen LogP) is 6.43. The Morgan fingerprint density at radius 2 is 1.72 bits per heavy atom. The van der Waals surface area contributed by atoms with Crippen LogP contribution in [0.25, 0.3) is 22.5 Å². The van der Waals surface area contributed by atoms with Gasteiger partial charge in [-0.1, -0.05) is 13.8 Å². The van der Waals surface area contributed by atoms with E-state index in [1.165, 1.54) is 6.07 Å². The van der Waals surface area contributed by atoms with Crippen LogP contribution in [0.3, 0.4) is 0 Å². The number of alkyl halides is 3. The van der Waals surface area contributed by atoms with Gasteiger partial charge in [-0.25, -0.2) is 14.4 Å². The molecule has 0 aliphatic rings. The van der Waals surface area contributed by atoms with Crippen molar-refractivity contribution in [2.45, 2.75) is 45.7 Å². The van der Waals surface area contributed by atoms with Crippen molar-refractivity contribution in [1.82, 2.24) is 20.2 Å². The van der Waals surface area contributed by atoms with Crippen LogP contribution in [0.4, 0.5) is 17.6 Å². The minimum absolute atomic E-state index is 0.0235. The SMILES string of the molecule is CC.Fc1ccc(-c2nnc(CCCCc3ccc4cccnc4n3)o2)cc1C(F)(F)F. The summed E-state index contributed by atoms with van der Waals surface area (Å²) < 4.78 is 57.5. The second-order valence-corrected chi connectivity index (χ2v) is 6.75. The fraction of sp³-hybridized carbons (Fsp3) is 0.304. The Morgan fingerprint density at radius 3 is 2.50 bits per heavy atom. The number of hydrogen-bond acceptors (Lipinski definition) is 5. The van der Waals surface area contributed by atoms with Gasteiger partial charge in [0.15, 0.2) is 5.65 Å². The lowest BCUT2D eigenvalue weighted by molar-refractivity contribution is -0.139. The highest BCUT2D eigenvalue weighted by atomic mass is 19.4. The molecule has 0 saturated carbocycles. The zero-order chi connectivity index (χ0) is 23.1. The first-order valence-corrected chi connectivity index (χ1v) is 10.3. The summed E-state index contributed by atoms with van der Waals surface area (Å²) in [6, 6.07) is 10.3. The van der Waals surface area contributed by atoms with E-state index in [-0.39, 0.29) is 11.5 Å². The maximum atomic E-state index is 13.4. The second kappa shape index (κ2) is 10.3. The first kappa shape index (κ1) is 23.3. The number of pyridine rings is 2. The fourth-order valence-electron chi connectivity index (χ4n) is 3.06. The van der Waals surface area contributed by atoms with E-state index in [1.54, 1.807) is 6.20 Å². The van der Waals surface area contributed by atoms with Crippen LogP contribution in [0.15, 0.2) is 53.1 Å². The Labute approximate surface area is 182 Å². The van der Waals surface area contributed by atoms with Crippen LogP contribution in [0.5, 0.6) is 0 Å². The van der Waals surface area contributed by atoms with Gasteiger partial charge in [0, 0.05) is 29.3 Å². The molecule has 3 heterocycles. The van der Waals surface area contributed by atoms with Gasteiger partial charge in [0.2, 0.25) is 11.8 Å². The Bertz CT molecular complexity index is 1170. The van der Waals surface area contributed by atoms with Crippen molar-refractivity contribution in [2.75, 3.05) is 0 Å². The first-order valence-electron chi connectivity index (χ1n) is 10.3. The van der Waals surface area contributed by atoms with Crippen molar-refractivity contribution >= 4 is 11.0 Å². The van der Waals surface area contributed by atoms with E-state index in [1.807, 2.05) is 38.1 Å². The number of aromatic nitrogens is 4. The molecule has 3 aromatic heterocycles. The molecule has 32 heavy (non-hydrogen) atoms. The van der Waals surface area contributed by atoms with Gasteiger partial charge in [-0.15, -0.1) is 10.2 Å². The van der Waals surface area contributed by atoms with E-state index >= 15 is 0 Å². The first-order chi connectivity index (χ1) is 15.4. The molecule has 5 nitrogen and oxygen atoms in total.